The van der Waals surface area contributed by atoms with Crippen LogP contribution in [0.5, 0.6) is 0 Å². The Balaban J connectivity index is 1.57. The second-order valence-corrected chi connectivity index (χ2v) is 6.26. The SMILES string of the molecule is Cc1cc(N2CCCC2)nc(NC(=S)NC[C@H]2CCCO2)n1. The molecule has 1 aromatic heterocycles. The first-order valence-corrected chi connectivity index (χ1v) is 8.38. The fourth-order valence-corrected chi connectivity index (χ4v) is 3.05. The third-order valence-electron chi connectivity index (χ3n) is 4.01. The quantitative estimate of drug-likeness (QED) is 0.821. The molecule has 22 heavy (non-hydrogen) atoms. The number of hydrogen-bond donors (Lipinski definition) is 2. The van der Waals surface area contributed by atoms with E-state index in [0.29, 0.717) is 11.1 Å². The summed E-state index contributed by atoms with van der Waals surface area (Å²) in [5.74, 6) is 1.54. The first-order chi connectivity index (χ1) is 10.7. The molecule has 2 aliphatic rings. The van der Waals surface area contributed by atoms with Crippen LogP contribution in [0.3, 0.4) is 0 Å². The van der Waals surface area contributed by atoms with E-state index in [0.717, 1.165) is 50.6 Å². The smallest absolute Gasteiger partial charge is 0.231 e. The maximum Gasteiger partial charge on any atom is 0.231 e. The van der Waals surface area contributed by atoms with Crippen LogP contribution in [0, 0.1) is 6.92 Å². The zero-order chi connectivity index (χ0) is 15.4. The van der Waals surface area contributed by atoms with Crippen molar-refractivity contribution in [3.63, 3.8) is 0 Å². The first-order valence-electron chi connectivity index (χ1n) is 7.98. The molecule has 2 aliphatic heterocycles. The average Bonchev–Trinajstić information content (AvgIpc) is 3.18. The summed E-state index contributed by atoms with van der Waals surface area (Å²) in [5, 5.41) is 6.82. The van der Waals surface area contributed by atoms with Crippen molar-refractivity contribution in [3.8, 4) is 0 Å². The second-order valence-electron chi connectivity index (χ2n) is 5.86. The van der Waals surface area contributed by atoms with Gasteiger partial charge in [0.2, 0.25) is 5.95 Å². The van der Waals surface area contributed by atoms with Crippen molar-refractivity contribution in [2.45, 2.75) is 38.7 Å². The fraction of sp³-hybridized carbons (Fsp3) is 0.667. The molecule has 0 unspecified atom stereocenters. The Hall–Kier alpha value is -1.47. The predicted octanol–water partition coefficient (Wildman–Crippen LogP) is 1.85. The van der Waals surface area contributed by atoms with Crippen molar-refractivity contribution < 1.29 is 4.74 Å². The van der Waals surface area contributed by atoms with Crippen molar-refractivity contribution in [2.24, 2.45) is 0 Å². The summed E-state index contributed by atoms with van der Waals surface area (Å²) in [6, 6.07) is 2.03. The predicted molar refractivity (Wildman–Crippen MR) is 91.4 cm³/mol. The van der Waals surface area contributed by atoms with E-state index < -0.39 is 0 Å². The van der Waals surface area contributed by atoms with Crippen LogP contribution in [0.2, 0.25) is 0 Å². The number of aryl methyl sites for hydroxylation is 1. The summed E-state index contributed by atoms with van der Waals surface area (Å²) in [7, 11) is 0. The maximum absolute atomic E-state index is 5.57. The molecule has 0 amide bonds. The van der Waals surface area contributed by atoms with Gasteiger partial charge in [0.25, 0.3) is 0 Å². The van der Waals surface area contributed by atoms with Crippen LogP contribution in [-0.4, -0.2) is 47.4 Å². The number of rotatable bonds is 4. The van der Waals surface area contributed by atoms with Gasteiger partial charge in [-0.3, -0.25) is 0 Å². The maximum atomic E-state index is 5.57. The summed E-state index contributed by atoms with van der Waals surface area (Å²) in [6.45, 7) is 5.70. The van der Waals surface area contributed by atoms with E-state index in [4.69, 9.17) is 17.0 Å². The number of thiocarbonyl (C=S) groups is 1. The Kier molecular flexibility index (Phi) is 5.04. The van der Waals surface area contributed by atoms with Gasteiger partial charge < -0.3 is 20.3 Å². The molecule has 2 saturated heterocycles. The molecule has 120 valence electrons. The highest BCUT2D eigenvalue weighted by atomic mass is 32.1. The molecule has 2 fully saturated rings. The standard InChI is InChI=1S/C15H23N5OS/c1-11-9-13(20-6-2-3-7-20)18-14(17-11)19-15(22)16-10-12-5-4-8-21-12/h9,12H,2-8,10H2,1H3,(H2,16,17,18,19,22)/t12-/m1/s1. The topological polar surface area (TPSA) is 62.3 Å². The normalized spacial score (nSPS) is 21.1. The zero-order valence-corrected chi connectivity index (χ0v) is 13.8. The number of nitrogens with one attached hydrogen (secondary N) is 2. The van der Waals surface area contributed by atoms with Crippen LogP contribution in [0.15, 0.2) is 6.07 Å². The van der Waals surface area contributed by atoms with E-state index in [-0.39, 0.29) is 6.10 Å². The van der Waals surface area contributed by atoms with E-state index in [1.54, 1.807) is 0 Å². The molecule has 0 aliphatic carbocycles. The zero-order valence-electron chi connectivity index (χ0n) is 13.0. The summed E-state index contributed by atoms with van der Waals surface area (Å²) < 4.78 is 5.57. The van der Waals surface area contributed by atoms with Crippen LogP contribution in [0.25, 0.3) is 0 Å². The van der Waals surface area contributed by atoms with Gasteiger partial charge in [-0.2, -0.15) is 4.98 Å². The summed E-state index contributed by atoms with van der Waals surface area (Å²) >= 11 is 5.32. The molecular formula is C15H23N5OS. The van der Waals surface area contributed by atoms with E-state index in [2.05, 4.69) is 25.5 Å². The van der Waals surface area contributed by atoms with Gasteiger partial charge in [-0.25, -0.2) is 4.98 Å². The molecule has 0 aromatic carbocycles. The second kappa shape index (κ2) is 7.19. The Morgan fingerprint density at radius 3 is 2.91 bits per heavy atom. The van der Waals surface area contributed by atoms with Crippen molar-refractivity contribution >= 4 is 29.1 Å². The Bertz CT molecular complexity index is 527. The average molecular weight is 321 g/mol. The fourth-order valence-electron chi connectivity index (χ4n) is 2.87. The highest BCUT2D eigenvalue weighted by molar-refractivity contribution is 7.80. The van der Waals surface area contributed by atoms with Crippen LogP contribution in [-0.2, 0) is 4.74 Å². The minimum Gasteiger partial charge on any atom is -0.376 e. The lowest BCUT2D eigenvalue weighted by atomic mass is 10.2. The van der Waals surface area contributed by atoms with E-state index in [9.17, 15) is 0 Å². The molecule has 0 bridgehead atoms. The van der Waals surface area contributed by atoms with Crippen molar-refractivity contribution in [1.82, 2.24) is 15.3 Å². The van der Waals surface area contributed by atoms with Gasteiger partial charge in [0.1, 0.15) is 5.82 Å². The van der Waals surface area contributed by atoms with Crippen LogP contribution < -0.4 is 15.5 Å². The van der Waals surface area contributed by atoms with Gasteiger partial charge in [-0.1, -0.05) is 0 Å². The lowest BCUT2D eigenvalue weighted by Gasteiger charge is -2.18. The first kappa shape index (κ1) is 15.4. The van der Waals surface area contributed by atoms with Gasteiger partial charge in [0.15, 0.2) is 5.11 Å². The van der Waals surface area contributed by atoms with E-state index in [1.165, 1.54) is 12.8 Å². The molecule has 2 N–H and O–H groups in total. The molecule has 7 heteroatoms. The molecule has 1 aromatic rings. The van der Waals surface area contributed by atoms with Crippen molar-refractivity contribution in [1.29, 1.82) is 0 Å². The van der Waals surface area contributed by atoms with Crippen LogP contribution in [0.1, 0.15) is 31.4 Å². The number of ether oxygens (including phenoxy) is 1. The third kappa shape index (κ3) is 4.04. The summed E-state index contributed by atoms with van der Waals surface area (Å²) in [4.78, 5) is 11.3. The van der Waals surface area contributed by atoms with Gasteiger partial charge in [-0.15, -0.1) is 0 Å². The number of hydrogen-bond acceptors (Lipinski definition) is 5. The monoisotopic (exact) mass is 321 g/mol. The van der Waals surface area contributed by atoms with Gasteiger partial charge in [-0.05, 0) is 44.8 Å². The highest BCUT2D eigenvalue weighted by Crippen LogP contribution is 2.19. The number of aromatic nitrogens is 2. The highest BCUT2D eigenvalue weighted by Gasteiger charge is 2.17. The lowest BCUT2D eigenvalue weighted by molar-refractivity contribution is 0.114. The van der Waals surface area contributed by atoms with E-state index in [1.807, 2.05) is 13.0 Å². The van der Waals surface area contributed by atoms with Gasteiger partial charge >= 0.3 is 0 Å². The van der Waals surface area contributed by atoms with Crippen molar-refractivity contribution in [2.75, 3.05) is 36.5 Å². The molecule has 0 radical (unpaired) electrons. The number of nitrogens with zero attached hydrogens (tertiary/aromatic N) is 3. The van der Waals surface area contributed by atoms with Gasteiger partial charge in [0, 0.05) is 38.0 Å². The molecular weight excluding hydrogens is 298 g/mol. The molecule has 0 saturated carbocycles. The Labute approximate surface area is 136 Å². The summed E-state index contributed by atoms with van der Waals surface area (Å²) in [5.41, 5.74) is 0.946. The Morgan fingerprint density at radius 1 is 1.36 bits per heavy atom. The minimum absolute atomic E-state index is 0.262. The molecule has 1 atom stereocenters. The molecule has 3 heterocycles. The Morgan fingerprint density at radius 2 is 2.18 bits per heavy atom. The largest absolute Gasteiger partial charge is 0.376 e. The van der Waals surface area contributed by atoms with Crippen molar-refractivity contribution in [3.05, 3.63) is 11.8 Å². The van der Waals surface area contributed by atoms with E-state index >= 15 is 0 Å². The number of anilines is 2. The molecule has 0 spiro atoms. The third-order valence-corrected chi connectivity index (χ3v) is 4.26. The summed E-state index contributed by atoms with van der Waals surface area (Å²) in [6.07, 6.45) is 4.95. The minimum atomic E-state index is 0.262. The van der Waals surface area contributed by atoms with Crippen LogP contribution in [0.4, 0.5) is 11.8 Å². The van der Waals surface area contributed by atoms with Crippen LogP contribution >= 0.6 is 12.2 Å². The molecule has 6 nitrogen and oxygen atoms in total. The van der Waals surface area contributed by atoms with Gasteiger partial charge in [0.05, 0.1) is 6.10 Å². The lowest BCUT2D eigenvalue weighted by Crippen LogP contribution is -2.35. The molecule has 3 rings (SSSR count).